The molecular formula is C45H28N4O. The first-order valence-corrected chi connectivity index (χ1v) is 16.7. The molecule has 0 saturated heterocycles. The zero-order valence-electron chi connectivity index (χ0n) is 26.9. The fourth-order valence-corrected chi connectivity index (χ4v) is 7.16. The second-order valence-electron chi connectivity index (χ2n) is 12.4. The highest BCUT2D eigenvalue weighted by Gasteiger charge is 2.23. The van der Waals surface area contributed by atoms with Gasteiger partial charge in [0.2, 0.25) is 0 Å². The van der Waals surface area contributed by atoms with Crippen LogP contribution >= 0.6 is 0 Å². The normalized spacial score (nSPS) is 11.6. The second-order valence-corrected chi connectivity index (χ2v) is 12.4. The molecule has 0 aliphatic heterocycles. The molecule has 0 fully saturated rings. The number of rotatable bonds is 5. The van der Waals surface area contributed by atoms with Crippen molar-refractivity contribution in [2.75, 3.05) is 0 Å². The quantitative estimate of drug-likeness (QED) is 0.188. The summed E-state index contributed by atoms with van der Waals surface area (Å²) in [7, 11) is 0. The SMILES string of the molecule is c1ccc(-c2nc(-c3ccccc3)nc(-c3cc(-c4ccccc4)c4oc5ccc6c7ccccc7n(-c7ccccc7)c6c5c4c3)n2)cc1. The van der Waals surface area contributed by atoms with Crippen LogP contribution in [-0.4, -0.2) is 19.5 Å². The molecule has 0 unspecified atom stereocenters. The first-order valence-electron chi connectivity index (χ1n) is 16.7. The lowest BCUT2D eigenvalue weighted by molar-refractivity contribution is 0.670. The summed E-state index contributed by atoms with van der Waals surface area (Å²) in [5.74, 6) is 1.85. The fraction of sp³-hybridized carbons (Fsp3) is 0. The number of fused-ring (bicyclic) bond motifs is 7. The summed E-state index contributed by atoms with van der Waals surface area (Å²) in [5, 5.41) is 4.42. The van der Waals surface area contributed by atoms with Crippen molar-refractivity contribution in [2.45, 2.75) is 0 Å². The number of furan rings is 1. The first-order chi connectivity index (χ1) is 24.8. The second kappa shape index (κ2) is 11.4. The van der Waals surface area contributed by atoms with Gasteiger partial charge in [-0.2, -0.15) is 0 Å². The Morgan fingerprint density at radius 2 is 0.960 bits per heavy atom. The number of hydrogen-bond donors (Lipinski definition) is 0. The van der Waals surface area contributed by atoms with E-state index in [0.29, 0.717) is 17.5 Å². The van der Waals surface area contributed by atoms with Crippen LogP contribution in [0.25, 0.3) is 94.7 Å². The number of nitrogens with zero attached hydrogens (tertiary/aromatic N) is 4. The average Bonchev–Trinajstić information content (AvgIpc) is 3.74. The Morgan fingerprint density at radius 1 is 0.420 bits per heavy atom. The molecule has 10 aromatic rings. The van der Waals surface area contributed by atoms with E-state index >= 15 is 0 Å². The van der Waals surface area contributed by atoms with Crippen molar-refractivity contribution in [1.82, 2.24) is 19.5 Å². The Labute approximate surface area is 287 Å². The van der Waals surface area contributed by atoms with Gasteiger partial charge in [-0.1, -0.05) is 127 Å². The van der Waals surface area contributed by atoms with Gasteiger partial charge in [0.05, 0.1) is 16.4 Å². The molecule has 7 aromatic carbocycles. The lowest BCUT2D eigenvalue weighted by Gasteiger charge is -2.11. The van der Waals surface area contributed by atoms with Gasteiger partial charge in [0.15, 0.2) is 17.5 Å². The maximum Gasteiger partial charge on any atom is 0.164 e. The number of hydrogen-bond acceptors (Lipinski definition) is 4. The van der Waals surface area contributed by atoms with E-state index in [0.717, 1.165) is 66.5 Å². The molecule has 234 valence electrons. The molecule has 5 nitrogen and oxygen atoms in total. The largest absolute Gasteiger partial charge is 0.455 e. The molecule has 0 bridgehead atoms. The topological polar surface area (TPSA) is 56.7 Å². The van der Waals surface area contributed by atoms with E-state index in [-0.39, 0.29) is 0 Å². The van der Waals surface area contributed by atoms with Gasteiger partial charge in [0, 0.05) is 44.1 Å². The van der Waals surface area contributed by atoms with Crippen molar-refractivity contribution < 1.29 is 4.42 Å². The van der Waals surface area contributed by atoms with Crippen molar-refractivity contribution in [1.29, 1.82) is 0 Å². The molecule has 3 heterocycles. The number of aromatic nitrogens is 4. The lowest BCUT2D eigenvalue weighted by atomic mass is 9.98. The minimum Gasteiger partial charge on any atom is -0.455 e. The van der Waals surface area contributed by atoms with Crippen molar-refractivity contribution in [3.63, 3.8) is 0 Å². The molecule has 0 atom stereocenters. The van der Waals surface area contributed by atoms with Gasteiger partial charge in [-0.15, -0.1) is 0 Å². The van der Waals surface area contributed by atoms with Crippen LogP contribution in [0.15, 0.2) is 174 Å². The highest BCUT2D eigenvalue weighted by Crippen LogP contribution is 2.44. The first kappa shape index (κ1) is 28.2. The Morgan fingerprint density at radius 3 is 1.60 bits per heavy atom. The van der Waals surface area contributed by atoms with Crippen LogP contribution in [0.5, 0.6) is 0 Å². The molecule has 0 aliphatic rings. The Balaban J connectivity index is 1.34. The van der Waals surface area contributed by atoms with E-state index in [4.69, 9.17) is 19.4 Å². The maximum atomic E-state index is 6.84. The molecule has 5 heteroatoms. The van der Waals surface area contributed by atoms with E-state index in [2.05, 4.69) is 108 Å². The maximum absolute atomic E-state index is 6.84. The Kier molecular flexibility index (Phi) is 6.42. The third-order valence-corrected chi connectivity index (χ3v) is 9.43. The van der Waals surface area contributed by atoms with Gasteiger partial charge in [-0.3, -0.25) is 0 Å². The summed E-state index contributed by atoms with van der Waals surface area (Å²) in [5.41, 5.74) is 9.78. The molecule has 0 N–H and O–H groups in total. The Hall–Kier alpha value is -6.85. The van der Waals surface area contributed by atoms with Crippen molar-refractivity contribution >= 4 is 43.7 Å². The van der Waals surface area contributed by atoms with Crippen LogP contribution < -0.4 is 0 Å². The van der Waals surface area contributed by atoms with Gasteiger partial charge in [0.1, 0.15) is 11.2 Å². The highest BCUT2D eigenvalue weighted by atomic mass is 16.3. The smallest absolute Gasteiger partial charge is 0.164 e. The van der Waals surface area contributed by atoms with E-state index < -0.39 is 0 Å². The Bertz CT molecular complexity index is 2780. The van der Waals surface area contributed by atoms with Crippen LogP contribution in [0, 0.1) is 0 Å². The predicted octanol–water partition coefficient (Wildman–Crippen LogP) is 11.5. The zero-order valence-corrected chi connectivity index (χ0v) is 26.9. The molecule has 10 rings (SSSR count). The van der Waals surface area contributed by atoms with Crippen LogP contribution in [0.3, 0.4) is 0 Å². The molecule has 0 amide bonds. The molecule has 0 aliphatic carbocycles. The predicted molar refractivity (Wildman–Crippen MR) is 203 cm³/mol. The van der Waals surface area contributed by atoms with Crippen molar-refractivity contribution in [3.8, 4) is 51.0 Å². The van der Waals surface area contributed by atoms with Crippen LogP contribution in [0.2, 0.25) is 0 Å². The summed E-state index contributed by atoms with van der Waals surface area (Å²) in [6, 6.07) is 58.4. The molecule has 0 saturated carbocycles. The third-order valence-electron chi connectivity index (χ3n) is 9.43. The summed E-state index contributed by atoms with van der Waals surface area (Å²) in [6.07, 6.45) is 0. The number of para-hydroxylation sites is 2. The van der Waals surface area contributed by atoms with Crippen LogP contribution in [0.4, 0.5) is 0 Å². The third kappa shape index (κ3) is 4.52. The van der Waals surface area contributed by atoms with Crippen molar-refractivity contribution in [2.24, 2.45) is 0 Å². The zero-order chi connectivity index (χ0) is 33.0. The van der Waals surface area contributed by atoms with E-state index in [1.807, 2.05) is 66.7 Å². The van der Waals surface area contributed by atoms with E-state index in [1.54, 1.807) is 0 Å². The van der Waals surface area contributed by atoms with E-state index in [9.17, 15) is 0 Å². The van der Waals surface area contributed by atoms with E-state index in [1.165, 1.54) is 10.8 Å². The van der Waals surface area contributed by atoms with Gasteiger partial charge in [0.25, 0.3) is 0 Å². The average molecular weight is 641 g/mol. The molecule has 0 radical (unpaired) electrons. The standard InChI is InChI=1S/C45H28N4O/c1-5-15-29(16-6-1)36-27-32(45-47-43(30-17-7-2-8-18-30)46-44(48-45)31-19-9-3-10-20-31)28-37-40-39(50-42(36)37)26-25-35-34-23-13-14-24-38(34)49(41(35)40)33-21-11-4-12-22-33/h1-28H. The number of benzene rings is 7. The highest BCUT2D eigenvalue weighted by molar-refractivity contribution is 6.26. The molecule has 50 heavy (non-hydrogen) atoms. The van der Waals surface area contributed by atoms with Crippen molar-refractivity contribution in [3.05, 3.63) is 170 Å². The summed E-state index contributed by atoms with van der Waals surface area (Å²) >= 11 is 0. The van der Waals surface area contributed by atoms with Gasteiger partial charge in [-0.25, -0.2) is 15.0 Å². The molecule has 0 spiro atoms. The summed E-state index contributed by atoms with van der Waals surface area (Å²) in [4.78, 5) is 15.2. The van der Waals surface area contributed by atoms with Crippen LogP contribution in [-0.2, 0) is 0 Å². The minimum atomic E-state index is 0.599. The van der Waals surface area contributed by atoms with Gasteiger partial charge < -0.3 is 8.98 Å². The summed E-state index contributed by atoms with van der Waals surface area (Å²) < 4.78 is 9.21. The minimum absolute atomic E-state index is 0.599. The fourth-order valence-electron chi connectivity index (χ4n) is 7.16. The summed E-state index contributed by atoms with van der Waals surface area (Å²) in [6.45, 7) is 0. The monoisotopic (exact) mass is 640 g/mol. The van der Waals surface area contributed by atoms with Crippen LogP contribution in [0.1, 0.15) is 0 Å². The molecule has 3 aromatic heterocycles. The van der Waals surface area contributed by atoms with Gasteiger partial charge >= 0.3 is 0 Å². The van der Waals surface area contributed by atoms with Gasteiger partial charge in [-0.05, 0) is 48.0 Å². The lowest BCUT2D eigenvalue weighted by Crippen LogP contribution is -2.00. The molecular weight excluding hydrogens is 613 g/mol.